The van der Waals surface area contributed by atoms with E-state index in [1.165, 1.54) is 77.0 Å². The second kappa shape index (κ2) is 59.3. The highest BCUT2D eigenvalue weighted by Crippen LogP contribution is 2.13. The number of carbonyl (C=O) groups excluding carboxylic acids is 3. The molecule has 0 aromatic heterocycles. The minimum Gasteiger partial charge on any atom is -0.462 e. The Morgan fingerprint density at radius 2 is 0.630 bits per heavy atom. The van der Waals surface area contributed by atoms with E-state index in [9.17, 15) is 14.4 Å². The summed E-state index contributed by atoms with van der Waals surface area (Å²) < 4.78 is 16.8. The monoisotopic (exact) mass is 1000 g/mol. The number of hydrogen-bond acceptors (Lipinski definition) is 6. The van der Waals surface area contributed by atoms with Crippen molar-refractivity contribution in [3.63, 3.8) is 0 Å². The van der Waals surface area contributed by atoms with Gasteiger partial charge in [0.25, 0.3) is 0 Å². The van der Waals surface area contributed by atoms with Gasteiger partial charge in [0.05, 0.1) is 0 Å². The van der Waals surface area contributed by atoms with Crippen LogP contribution in [0.25, 0.3) is 0 Å². The Labute approximate surface area is 447 Å². The zero-order valence-electron chi connectivity index (χ0n) is 46.3. The van der Waals surface area contributed by atoms with Crippen LogP contribution in [0.15, 0.2) is 170 Å². The molecule has 0 bridgehead atoms. The summed E-state index contributed by atoms with van der Waals surface area (Å²) in [4.78, 5) is 38.2. The molecule has 6 heteroatoms. The fraction of sp³-hybridized carbons (Fsp3) is 0.537. The van der Waals surface area contributed by atoms with Crippen molar-refractivity contribution in [2.24, 2.45) is 0 Å². The van der Waals surface area contributed by atoms with Crippen LogP contribution in [0.5, 0.6) is 0 Å². The van der Waals surface area contributed by atoms with Crippen LogP contribution in [-0.2, 0) is 28.6 Å². The topological polar surface area (TPSA) is 78.9 Å². The van der Waals surface area contributed by atoms with Gasteiger partial charge in [0, 0.05) is 19.3 Å². The second-order valence-corrected chi connectivity index (χ2v) is 18.3. The molecule has 0 amide bonds. The number of carbonyl (C=O) groups is 3. The molecule has 406 valence electrons. The van der Waals surface area contributed by atoms with Crippen LogP contribution in [0.4, 0.5) is 0 Å². The largest absolute Gasteiger partial charge is 0.462 e. The van der Waals surface area contributed by atoms with Crippen molar-refractivity contribution in [2.75, 3.05) is 13.2 Å². The van der Waals surface area contributed by atoms with Gasteiger partial charge in [-0.3, -0.25) is 14.4 Å². The zero-order valence-corrected chi connectivity index (χ0v) is 46.3. The Morgan fingerprint density at radius 3 is 1.07 bits per heavy atom. The molecule has 0 aromatic rings. The van der Waals surface area contributed by atoms with Crippen LogP contribution < -0.4 is 0 Å². The first-order valence-corrected chi connectivity index (χ1v) is 28.7. The first kappa shape index (κ1) is 67.8. The molecule has 0 radical (unpaired) electrons. The number of ether oxygens (including phenoxy) is 3. The predicted molar refractivity (Wildman–Crippen MR) is 315 cm³/mol. The molecule has 0 rings (SSSR count). The normalized spacial score (nSPS) is 13.4. The summed E-state index contributed by atoms with van der Waals surface area (Å²) >= 11 is 0. The van der Waals surface area contributed by atoms with Gasteiger partial charge in [-0.2, -0.15) is 0 Å². The van der Waals surface area contributed by atoms with Crippen LogP contribution in [0, 0.1) is 0 Å². The first-order chi connectivity index (χ1) is 36.0. The van der Waals surface area contributed by atoms with Crippen molar-refractivity contribution in [2.45, 2.75) is 219 Å². The molecule has 6 nitrogen and oxygen atoms in total. The van der Waals surface area contributed by atoms with E-state index in [0.717, 1.165) is 83.5 Å². The van der Waals surface area contributed by atoms with Crippen molar-refractivity contribution in [3.05, 3.63) is 170 Å². The minimum absolute atomic E-state index is 0.134. The van der Waals surface area contributed by atoms with Crippen LogP contribution in [0.1, 0.15) is 213 Å². The second-order valence-electron chi connectivity index (χ2n) is 18.3. The van der Waals surface area contributed by atoms with E-state index < -0.39 is 12.1 Å². The Hall–Kier alpha value is -5.23. The lowest BCUT2D eigenvalue weighted by atomic mass is 10.1. The van der Waals surface area contributed by atoms with Crippen molar-refractivity contribution in [1.29, 1.82) is 0 Å². The number of allylic oxidation sites excluding steroid dienone is 28. The quantitative estimate of drug-likeness (QED) is 0.0199. The number of rotatable bonds is 49. The van der Waals surface area contributed by atoms with Gasteiger partial charge >= 0.3 is 17.9 Å². The van der Waals surface area contributed by atoms with Crippen molar-refractivity contribution in [1.82, 2.24) is 0 Å². The van der Waals surface area contributed by atoms with Crippen LogP contribution in [0.3, 0.4) is 0 Å². The molecule has 0 spiro atoms. The smallest absolute Gasteiger partial charge is 0.306 e. The van der Waals surface area contributed by atoms with E-state index >= 15 is 0 Å². The van der Waals surface area contributed by atoms with Gasteiger partial charge in [-0.1, -0.05) is 262 Å². The number of esters is 3. The van der Waals surface area contributed by atoms with Gasteiger partial charge < -0.3 is 14.2 Å². The molecule has 73 heavy (non-hydrogen) atoms. The highest BCUT2D eigenvalue weighted by Gasteiger charge is 2.19. The Morgan fingerprint density at radius 1 is 0.301 bits per heavy atom. The minimum atomic E-state index is -0.850. The summed E-state index contributed by atoms with van der Waals surface area (Å²) in [6.07, 6.45) is 87.7. The number of hydrogen-bond donors (Lipinski definition) is 0. The summed E-state index contributed by atoms with van der Waals surface area (Å²) in [6.45, 7) is 6.25. The maximum absolute atomic E-state index is 12.8. The van der Waals surface area contributed by atoms with Crippen molar-refractivity contribution in [3.8, 4) is 0 Å². The molecule has 1 unspecified atom stereocenters. The number of unbranched alkanes of at least 4 members (excludes halogenated alkanes) is 16. The van der Waals surface area contributed by atoms with Gasteiger partial charge in [0.15, 0.2) is 6.10 Å². The molecule has 0 heterocycles. The third kappa shape index (κ3) is 57.5. The summed E-state index contributed by atoms with van der Waals surface area (Å²) in [5.41, 5.74) is 0. The average Bonchev–Trinajstić information content (AvgIpc) is 3.39. The van der Waals surface area contributed by atoms with E-state index in [-0.39, 0.29) is 38.0 Å². The van der Waals surface area contributed by atoms with Gasteiger partial charge in [-0.15, -0.1) is 0 Å². The van der Waals surface area contributed by atoms with Crippen LogP contribution in [0.2, 0.25) is 0 Å². The average molecular weight is 1000 g/mol. The van der Waals surface area contributed by atoms with Crippen molar-refractivity contribution >= 4 is 17.9 Å². The molecular formula is C67H102O6. The van der Waals surface area contributed by atoms with Crippen LogP contribution in [-0.4, -0.2) is 37.2 Å². The van der Waals surface area contributed by atoms with Crippen molar-refractivity contribution < 1.29 is 28.6 Å². The lowest BCUT2D eigenvalue weighted by Gasteiger charge is -2.18. The van der Waals surface area contributed by atoms with Gasteiger partial charge in [-0.05, 0) is 103 Å². The molecule has 0 fully saturated rings. The lowest BCUT2D eigenvalue weighted by Crippen LogP contribution is -2.30. The van der Waals surface area contributed by atoms with Gasteiger partial charge in [-0.25, -0.2) is 0 Å². The highest BCUT2D eigenvalue weighted by molar-refractivity contribution is 5.71. The first-order valence-electron chi connectivity index (χ1n) is 28.7. The Bertz CT molecular complexity index is 1720. The lowest BCUT2D eigenvalue weighted by molar-refractivity contribution is -0.166. The standard InChI is InChI=1S/C67H102O6/c1-4-7-10-13-16-19-22-25-28-31-33-36-39-42-45-48-51-54-57-60-66(69)72-63-64(62-71-65(68)59-56-53-50-47-44-41-38-35-30-27-24-21-18-15-12-9-6-3)73-67(70)61-58-55-52-49-46-43-40-37-34-32-29-26-23-20-17-14-11-8-5-2/h7-8,10-11,13,16-17,19-20,22,25-31,33-34,36-37,39,42-43,45-46,52,55,64H,4-6,9,12,14-15,18,21,23-24,32,35,38,40-41,44,47-51,53-54,56-63H2,1-3H3/b10-7-,11-8-,16-13-,20-17-,22-19-,28-25-,29-26-,30-27-,33-31+,37-34-,39-36-,45-42-,46-43-,55-52-. The maximum Gasteiger partial charge on any atom is 0.306 e. The van der Waals surface area contributed by atoms with E-state index in [0.29, 0.717) is 19.3 Å². The van der Waals surface area contributed by atoms with E-state index in [1.807, 2.05) is 85.1 Å². The Balaban J connectivity index is 4.65. The molecule has 0 N–H and O–H groups in total. The van der Waals surface area contributed by atoms with Gasteiger partial charge in [0.1, 0.15) is 13.2 Å². The third-order valence-electron chi connectivity index (χ3n) is 11.4. The zero-order chi connectivity index (χ0) is 52.9. The van der Waals surface area contributed by atoms with Crippen LogP contribution >= 0.6 is 0 Å². The fourth-order valence-corrected chi connectivity index (χ4v) is 7.15. The SMILES string of the molecule is CC\C=C/C=C\C=C/C=C\C=C\C=C/C=C\CCCCCC(=O)OCC(COC(=O)CCCCCCCCC/C=C\CCCCCCCC)OC(=O)CC/C=C\C/C=C\C/C=C\C/C=C\C/C=C\C/C=C\CC. The molecule has 0 aliphatic carbocycles. The summed E-state index contributed by atoms with van der Waals surface area (Å²) in [5, 5.41) is 0. The van der Waals surface area contributed by atoms with E-state index in [1.54, 1.807) is 0 Å². The summed E-state index contributed by atoms with van der Waals surface area (Å²) in [6, 6.07) is 0. The molecule has 0 saturated heterocycles. The van der Waals surface area contributed by atoms with E-state index in [2.05, 4.69) is 106 Å². The maximum atomic E-state index is 12.8. The van der Waals surface area contributed by atoms with E-state index in [4.69, 9.17) is 14.2 Å². The molecular weight excluding hydrogens is 901 g/mol. The molecule has 0 aliphatic rings. The molecule has 1 atom stereocenters. The fourth-order valence-electron chi connectivity index (χ4n) is 7.15. The molecule has 0 saturated carbocycles. The molecule has 0 aromatic carbocycles. The molecule has 0 aliphatic heterocycles. The Kier molecular flexibility index (Phi) is 55.1. The summed E-state index contributed by atoms with van der Waals surface area (Å²) in [7, 11) is 0. The summed E-state index contributed by atoms with van der Waals surface area (Å²) in [5.74, 6) is -1.08. The third-order valence-corrected chi connectivity index (χ3v) is 11.4. The van der Waals surface area contributed by atoms with Gasteiger partial charge in [0.2, 0.25) is 0 Å². The predicted octanol–water partition coefficient (Wildman–Crippen LogP) is 19.5. The highest BCUT2D eigenvalue weighted by atomic mass is 16.6.